The van der Waals surface area contributed by atoms with E-state index in [0.717, 1.165) is 4.31 Å². The number of hydrogen-bond donors (Lipinski definition) is 0. The molecule has 5 nitrogen and oxygen atoms in total. The number of furan rings is 1. The van der Waals surface area contributed by atoms with E-state index in [1.165, 1.54) is 37.4 Å². The second-order valence-corrected chi connectivity index (χ2v) is 6.10. The molecule has 0 fully saturated rings. The highest BCUT2D eigenvalue weighted by molar-refractivity contribution is 7.88. The highest BCUT2D eigenvalue weighted by Gasteiger charge is 2.25. The molecule has 0 saturated heterocycles. The molecule has 2 rings (SSSR count). The number of aldehydes is 1. The molecule has 1 aromatic carbocycles. The van der Waals surface area contributed by atoms with E-state index in [1.807, 2.05) is 0 Å². The van der Waals surface area contributed by atoms with Crippen LogP contribution >= 0.6 is 0 Å². The maximum absolute atomic E-state index is 13.5. The largest absolute Gasteiger partial charge is 0.440 e. The molecule has 0 aliphatic carbocycles. The molecule has 7 heteroatoms. The van der Waals surface area contributed by atoms with Gasteiger partial charge in [-0.25, -0.2) is 12.8 Å². The molecular weight excluding hydrogens is 285 g/mol. The van der Waals surface area contributed by atoms with E-state index in [4.69, 9.17) is 4.42 Å². The summed E-state index contributed by atoms with van der Waals surface area (Å²) in [6.45, 7) is -0.133. The van der Waals surface area contributed by atoms with Gasteiger partial charge in [-0.2, -0.15) is 4.31 Å². The summed E-state index contributed by atoms with van der Waals surface area (Å²) in [5, 5.41) is -0.349. The van der Waals surface area contributed by atoms with Gasteiger partial charge in [-0.3, -0.25) is 4.79 Å². The summed E-state index contributed by atoms with van der Waals surface area (Å²) in [6.07, 6.45) is 0.413. The van der Waals surface area contributed by atoms with Crippen molar-refractivity contribution < 1.29 is 22.0 Å². The van der Waals surface area contributed by atoms with Crippen LogP contribution in [0.3, 0.4) is 0 Å². The van der Waals surface area contributed by atoms with Crippen molar-refractivity contribution in [3.05, 3.63) is 53.5 Å². The van der Waals surface area contributed by atoms with Crippen molar-refractivity contribution in [2.75, 3.05) is 7.05 Å². The molecule has 2 aromatic rings. The van der Waals surface area contributed by atoms with Gasteiger partial charge in [0.15, 0.2) is 12.0 Å². The van der Waals surface area contributed by atoms with Crippen LogP contribution in [0.2, 0.25) is 0 Å². The van der Waals surface area contributed by atoms with Crippen molar-refractivity contribution >= 4 is 16.3 Å². The van der Waals surface area contributed by atoms with Crippen LogP contribution in [0.15, 0.2) is 45.9 Å². The zero-order chi connectivity index (χ0) is 14.8. The van der Waals surface area contributed by atoms with Gasteiger partial charge in [0.05, 0.1) is 0 Å². The maximum Gasteiger partial charge on any atom is 0.276 e. The van der Waals surface area contributed by atoms with Gasteiger partial charge in [-0.15, -0.1) is 0 Å². The third-order valence-electron chi connectivity index (χ3n) is 2.73. The zero-order valence-electron chi connectivity index (χ0n) is 10.6. The van der Waals surface area contributed by atoms with E-state index in [9.17, 15) is 17.6 Å². The van der Waals surface area contributed by atoms with Crippen LogP contribution in [0.5, 0.6) is 0 Å². The molecule has 1 heterocycles. The van der Waals surface area contributed by atoms with E-state index in [-0.39, 0.29) is 23.0 Å². The molecule has 0 N–H and O–H groups in total. The Morgan fingerprint density at radius 2 is 1.95 bits per heavy atom. The summed E-state index contributed by atoms with van der Waals surface area (Å²) in [7, 11) is -2.59. The van der Waals surface area contributed by atoms with Crippen molar-refractivity contribution in [2.45, 2.75) is 11.6 Å². The summed E-state index contributed by atoms with van der Waals surface area (Å²) in [4.78, 5) is 10.5. The minimum absolute atomic E-state index is 0.0807. The second kappa shape index (κ2) is 5.56. The Hall–Kier alpha value is -1.99. The second-order valence-electron chi connectivity index (χ2n) is 4.13. The van der Waals surface area contributed by atoms with E-state index >= 15 is 0 Å². The minimum atomic E-state index is -3.90. The van der Waals surface area contributed by atoms with Crippen molar-refractivity contribution in [1.29, 1.82) is 0 Å². The Morgan fingerprint density at radius 1 is 1.25 bits per heavy atom. The minimum Gasteiger partial charge on any atom is -0.440 e. The van der Waals surface area contributed by atoms with Crippen LogP contribution in [0, 0.1) is 5.82 Å². The van der Waals surface area contributed by atoms with Crippen LogP contribution < -0.4 is 0 Å². The van der Waals surface area contributed by atoms with Gasteiger partial charge in [0.25, 0.3) is 10.0 Å². The van der Waals surface area contributed by atoms with E-state index in [0.29, 0.717) is 6.29 Å². The quantitative estimate of drug-likeness (QED) is 0.792. The van der Waals surface area contributed by atoms with Crippen LogP contribution in [-0.4, -0.2) is 26.1 Å². The molecule has 0 spiro atoms. The Labute approximate surface area is 115 Å². The molecule has 106 valence electrons. The average molecular weight is 297 g/mol. The van der Waals surface area contributed by atoms with Crippen molar-refractivity contribution in [2.24, 2.45) is 0 Å². The monoisotopic (exact) mass is 297 g/mol. The molecule has 0 aliphatic heterocycles. The lowest BCUT2D eigenvalue weighted by atomic mass is 10.2. The summed E-state index contributed by atoms with van der Waals surface area (Å²) in [5.41, 5.74) is 0.251. The van der Waals surface area contributed by atoms with Gasteiger partial charge >= 0.3 is 0 Å². The maximum atomic E-state index is 13.5. The Morgan fingerprint density at radius 3 is 2.55 bits per heavy atom. The Balaban J connectivity index is 2.25. The van der Waals surface area contributed by atoms with Gasteiger partial charge < -0.3 is 4.42 Å². The summed E-state index contributed by atoms with van der Waals surface area (Å²) in [5.74, 6) is -0.564. The molecular formula is C13H12FNO4S. The topological polar surface area (TPSA) is 67.6 Å². The van der Waals surface area contributed by atoms with Crippen molar-refractivity contribution in [1.82, 2.24) is 4.31 Å². The lowest BCUT2D eigenvalue weighted by molar-refractivity contribution is 0.109. The third kappa shape index (κ3) is 2.78. The van der Waals surface area contributed by atoms with Crippen LogP contribution in [0.25, 0.3) is 0 Å². The summed E-state index contributed by atoms with van der Waals surface area (Å²) >= 11 is 0. The third-order valence-corrected chi connectivity index (χ3v) is 4.41. The van der Waals surface area contributed by atoms with Gasteiger partial charge in [-0.05, 0) is 18.2 Å². The summed E-state index contributed by atoms with van der Waals surface area (Å²) < 4.78 is 43.7. The van der Waals surface area contributed by atoms with Gasteiger partial charge in [0, 0.05) is 19.2 Å². The number of nitrogens with zero attached hydrogens (tertiary/aromatic N) is 1. The van der Waals surface area contributed by atoms with Crippen molar-refractivity contribution in [3.63, 3.8) is 0 Å². The molecule has 0 bridgehead atoms. The average Bonchev–Trinajstić information content (AvgIpc) is 2.90. The standard InChI is InChI=1S/C13H12FNO4S/c1-15(8-10-4-2-3-5-12(10)14)20(17,18)13-7-6-11(9-16)19-13/h2-7,9H,8H2,1H3. The number of halogens is 1. The predicted octanol–water partition coefficient (Wildman–Crippen LogP) is 2.05. The Kier molecular flexibility index (Phi) is 4.01. The number of hydrogen-bond acceptors (Lipinski definition) is 4. The first-order chi connectivity index (χ1) is 9.45. The van der Waals surface area contributed by atoms with Gasteiger partial charge in [-0.1, -0.05) is 18.2 Å². The van der Waals surface area contributed by atoms with E-state index in [2.05, 4.69) is 0 Å². The van der Waals surface area contributed by atoms with Crippen LogP contribution in [0.4, 0.5) is 4.39 Å². The normalized spacial score (nSPS) is 11.8. The zero-order valence-corrected chi connectivity index (χ0v) is 11.4. The molecule has 0 amide bonds. The first-order valence-electron chi connectivity index (χ1n) is 5.70. The molecule has 0 radical (unpaired) electrons. The fourth-order valence-electron chi connectivity index (χ4n) is 1.64. The number of carbonyl (C=O) groups excluding carboxylic acids is 1. The first-order valence-corrected chi connectivity index (χ1v) is 7.14. The molecule has 0 unspecified atom stereocenters. The lowest BCUT2D eigenvalue weighted by Gasteiger charge is -2.15. The van der Waals surface area contributed by atoms with Crippen LogP contribution in [0.1, 0.15) is 16.1 Å². The highest BCUT2D eigenvalue weighted by atomic mass is 32.2. The number of rotatable bonds is 5. The molecule has 1 aromatic heterocycles. The molecule has 0 atom stereocenters. The molecule has 0 aliphatic rings. The van der Waals surface area contributed by atoms with Gasteiger partial charge in [0.1, 0.15) is 5.82 Å². The molecule has 0 saturated carbocycles. The van der Waals surface area contributed by atoms with Crippen LogP contribution in [-0.2, 0) is 16.6 Å². The highest BCUT2D eigenvalue weighted by Crippen LogP contribution is 2.19. The van der Waals surface area contributed by atoms with Gasteiger partial charge in [0.2, 0.25) is 5.09 Å². The predicted molar refractivity (Wildman–Crippen MR) is 69.1 cm³/mol. The van der Waals surface area contributed by atoms with E-state index < -0.39 is 15.8 Å². The molecule has 20 heavy (non-hydrogen) atoms. The smallest absolute Gasteiger partial charge is 0.276 e. The SMILES string of the molecule is CN(Cc1ccccc1F)S(=O)(=O)c1ccc(C=O)o1. The number of sulfonamides is 1. The Bertz CT molecular complexity index is 723. The first kappa shape index (κ1) is 14.4. The van der Waals surface area contributed by atoms with Crippen molar-refractivity contribution in [3.8, 4) is 0 Å². The number of benzene rings is 1. The lowest BCUT2D eigenvalue weighted by Crippen LogP contribution is -2.26. The number of carbonyl (C=O) groups is 1. The fourth-order valence-corrected chi connectivity index (χ4v) is 2.70. The fraction of sp³-hybridized carbons (Fsp3) is 0.154. The summed E-state index contributed by atoms with van der Waals surface area (Å²) in [6, 6.07) is 8.35. The van der Waals surface area contributed by atoms with E-state index in [1.54, 1.807) is 6.07 Å².